The zero-order valence-electron chi connectivity index (χ0n) is 14.9. The second kappa shape index (κ2) is 7.56. The lowest BCUT2D eigenvalue weighted by Gasteiger charge is -2.31. The summed E-state index contributed by atoms with van der Waals surface area (Å²) in [5.74, 6) is 0.888. The monoisotopic (exact) mass is 366 g/mol. The SMILES string of the molecule is COc1ccc([C@H]2c3cccn3CCCN2Cc2cccc(Cl)c2)cc1. The van der Waals surface area contributed by atoms with E-state index in [9.17, 15) is 0 Å². The van der Waals surface area contributed by atoms with Gasteiger partial charge in [0.25, 0.3) is 0 Å². The topological polar surface area (TPSA) is 17.4 Å². The molecule has 4 rings (SSSR count). The summed E-state index contributed by atoms with van der Waals surface area (Å²) in [7, 11) is 1.71. The number of methoxy groups -OCH3 is 1. The van der Waals surface area contributed by atoms with E-state index in [0.717, 1.165) is 36.8 Å². The molecule has 0 fully saturated rings. The highest BCUT2D eigenvalue weighted by atomic mass is 35.5. The summed E-state index contributed by atoms with van der Waals surface area (Å²) >= 11 is 6.21. The molecule has 1 atom stereocenters. The Morgan fingerprint density at radius 1 is 1.04 bits per heavy atom. The Hall–Kier alpha value is -2.23. The molecule has 0 bridgehead atoms. The van der Waals surface area contributed by atoms with Crippen molar-refractivity contribution in [2.24, 2.45) is 0 Å². The second-order valence-electron chi connectivity index (χ2n) is 6.76. The fourth-order valence-electron chi connectivity index (χ4n) is 3.85. The number of nitrogens with zero attached hydrogens (tertiary/aromatic N) is 2. The molecule has 1 aliphatic heterocycles. The quantitative estimate of drug-likeness (QED) is 0.635. The van der Waals surface area contributed by atoms with Gasteiger partial charge in [0.2, 0.25) is 0 Å². The fourth-order valence-corrected chi connectivity index (χ4v) is 4.06. The molecule has 26 heavy (non-hydrogen) atoms. The number of hydrogen-bond acceptors (Lipinski definition) is 2. The molecule has 3 aromatic rings. The van der Waals surface area contributed by atoms with Crippen molar-refractivity contribution in [2.45, 2.75) is 25.6 Å². The van der Waals surface area contributed by atoms with Crippen molar-refractivity contribution in [3.05, 3.63) is 88.7 Å². The van der Waals surface area contributed by atoms with E-state index in [-0.39, 0.29) is 6.04 Å². The summed E-state index contributed by atoms with van der Waals surface area (Å²) in [6, 6.07) is 21.2. The van der Waals surface area contributed by atoms with Crippen LogP contribution in [0.3, 0.4) is 0 Å². The number of aromatic nitrogens is 1. The molecule has 0 aliphatic carbocycles. The molecule has 2 aromatic carbocycles. The molecule has 0 spiro atoms. The number of ether oxygens (including phenoxy) is 1. The molecule has 0 amide bonds. The number of aryl methyl sites for hydroxylation is 1. The normalized spacial score (nSPS) is 17.5. The van der Waals surface area contributed by atoms with Crippen LogP contribution in [0.25, 0.3) is 0 Å². The predicted molar refractivity (Wildman–Crippen MR) is 106 cm³/mol. The van der Waals surface area contributed by atoms with Crippen LogP contribution >= 0.6 is 11.6 Å². The van der Waals surface area contributed by atoms with Gasteiger partial charge < -0.3 is 9.30 Å². The Morgan fingerprint density at radius 2 is 1.88 bits per heavy atom. The van der Waals surface area contributed by atoms with Crippen LogP contribution in [-0.2, 0) is 13.1 Å². The molecule has 0 saturated heterocycles. The fraction of sp³-hybridized carbons (Fsp3) is 0.273. The van der Waals surface area contributed by atoms with Gasteiger partial charge in [-0.2, -0.15) is 0 Å². The second-order valence-corrected chi connectivity index (χ2v) is 7.19. The third-order valence-corrected chi connectivity index (χ3v) is 5.30. The third-order valence-electron chi connectivity index (χ3n) is 5.06. The van der Waals surface area contributed by atoms with E-state index in [1.165, 1.54) is 16.8 Å². The van der Waals surface area contributed by atoms with Gasteiger partial charge in [0.1, 0.15) is 5.75 Å². The van der Waals surface area contributed by atoms with Gasteiger partial charge in [0, 0.05) is 36.5 Å². The number of rotatable bonds is 4. The lowest BCUT2D eigenvalue weighted by Crippen LogP contribution is -2.29. The first-order valence-corrected chi connectivity index (χ1v) is 9.40. The molecule has 3 nitrogen and oxygen atoms in total. The van der Waals surface area contributed by atoms with Gasteiger partial charge in [-0.3, -0.25) is 4.90 Å². The summed E-state index contributed by atoms with van der Waals surface area (Å²) in [6.07, 6.45) is 3.32. The predicted octanol–water partition coefficient (Wildman–Crippen LogP) is 5.15. The van der Waals surface area contributed by atoms with Crippen LogP contribution in [0, 0.1) is 0 Å². The van der Waals surface area contributed by atoms with Gasteiger partial charge in [-0.15, -0.1) is 0 Å². The summed E-state index contributed by atoms with van der Waals surface area (Å²) in [6.45, 7) is 2.98. The summed E-state index contributed by atoms with van der Waals surface area (Å²) in [5.41, 5.74) is 3.88. The highest BCUT2D eigenvalue weighted by Gasteiger charge is 2.27. The van der Waals surface area contributed by atoms with E-state index in [1.54, 1.807) is 7.11 Å². The van der Waals surface area contributed by atoms with Crippen molar-refractivity contribution >= 4 is 11.6 Å². The number of benzene rings is 2. The summed E-state index contributed by atoms with van der Waals surface area (Å²) in [4.78, 5) is 2.55. The lowest BCUT2D eigenvalue weighted by atomic mass is 10.0. The number of halogens is 1. The van der Waals surface area contributed by atoms with E-state index >= 15 is 0 Å². The van der Waals surface area contributed by atoms with Gasteiger partial charge in [0.05, 0.1) is 13.2 Å². The smallest absolute Gasteiger partial charge is 0.118 e. The highest BCUT2D eigenvalue weighted by Crippen LogP contribution is 2.34. The van der Waals surface area contributed by atoms with Gasteiger partial charge in [-0.05, 0) is 53.9 Å². The van der Waals surface area contributed by atoms with Crippen molar-refractivity contribution in [2.75, 3.05) is 13.7 Å². The Bertz CT molecular complexity index is 872. The zero-order valence-corrected chi connectivity index (χ0v) is 15.7. The van der Waals surface area contributed by atoms with Crippen molar-refractivity contribution in [1.82, 2.24) is 9.47 Å². The maximum absolute atomic E-state index is 6.21. The summed E-state index contributed by atoms with van der Waals surface area (Å²) < 4.78 is 7.72. The van der Waals surface area contributed by atoms with Crippen molar-refractivity contribution < 1.29 is 4.74 Å². The van der Waals surface area contributed by atoms with E-state index in [2.05, 4.69) is 52.1 Å². The minimum atomic E-state index is 0.220. The lowest BCUT2D eigenvalue weighted by molar-refractivity contribution is 0.220. The molecule has 1 aromatic heterocycles. The van der Waals surface area contributed by atoms with Crippen LogP contribution in [0.1, 0.15) is 29.3 Å². The largest absolute Gasteiger partial charge is 0.497 e. The first kappa shape index (κ1) is 17.2. The van der Waals surface area contributed by atoms with Crippen molar-refractivity contribution in [3.63, 3.8) is 0 Å². The molecular weight excluding hydrogens is 344 g/mol. The molecular formula is C22H23ClN2O. The van der Waals surface area contributed by atoms with E-state index < -0.39 is 0 Å². The van der Waals surface area contributed by atoms with Gasteiger partial charge >= 0.3 is 0 Å². The van der Waals surface area contributed by atoms with Crippen LogP contribution in [-0.4, -0.2) is 23.1 Å². The molecule has 0 N–H and O–H groups in total. The minimum Gasteiger partial charge on any atom is -0.497 e. The maximum Gasteiger partial charge on any atom is 0.118 e. The van der Waals surface area contributed by atoms with Crippen LogP contribution in [0.2, 0.25) is 5.02 Å². The standard InChI is InChI=1S/C22H23ClN2O/c1-26-20-10-8-18(9-11-20)22-21-7-3-12-24(21)13-4-14-25(22)16-17-5-2-6-19(23)15-17/h2-3,5-12,15,22H,4,13-14,16H2,1H3/t22-/m0/s1. The van der Waals surface area contributed by atoms with Crippen LogP contribution < -0.4 is 4.74 Å². The maximum atomic E-state index is 6.21. The molecule has 0 radical (unpaired) electrons. The van der Waals surface area contributed by atoms with E-state index in [0.29, 0.717) is 0 Å². The van der Waals surface area contributed by atoms with Crippen molar-refractivity contribution in [1.29, 1.82) is 0 Å². The molecule has 0 unspecified atom stereocenters. The Labute approximate surface area is 159 Å². The number of fused-ring (bicyclic) bond motifs is 1. The number of hydrogen-bond donors (Lipinski definition) is 0. The van der Waals surface area contributed by atoms with Crippen LogP contribution in [0.15, 0.2) is 66.9 Å². The highest BCUT2D eigenvalue weighted by molar-refractivity contribution is 6.30. The Balaban J connectivity index is 1.72. The van der Waals surface area contributed by atoms with Crippen LogP contribution in [0.4, 0.5) is 0 Å². The average Bonchev–Trinajstić information content (AvgIpc) is 3.04. The van der Waals surface area contributed by atoms with E-state index in [1.807, 2.05) is 24.3 Å². The molecule has 0 saturated carbocycles. The summed E-state index contributed by atoms with van der Waals surface area (Å²) in [5, 5.41) is 0.793. The zero-order chi connectivity index (χ0) is 17.9. The first-order valence-electron chi connectivity index (χ1n) is 9.02. The molecule has 1 aliphatic rings. The van der Waals surface area contributed by atoms with Crippen LogP contribution in [0.5, 0.6) is 5.75 Å². The van der Waals surface area contributed by atoms with Crippen molar-refractivity contribution in [3.8, 4) is 5.75 Å². The third kappa shape index (κ3) is 3.50. The molecule has 4 heteroatoms. The van der Waals surface area contributed by atoms with Gasteiger partial charge in [-0.25, -0.2) is 0 Å². The molecule has 134 valence electrons. The van der Waals surface area contributed by atoms with Gasteiger partial charge in [-0.1, -0.05) is 35.9 Å². The Morgan fingerprint density at radius 3 is 2.65 bits per heavy atom. The van der Waals surface area contributed by atoms with Gasteiger partial charge in [0.15, 0.2) is 0 Å². The average molecular weight is 367 g/mol. The minimum absolute atomic E-state index is 0.220. The van der Waals surface area contributed by atoms with E-state index in [4.69, 9.17) is 16.3 Å². The Kier molecular flexibility index (Phi) is 5.00. The molecule has 2 heterocycles. The first-order chi connectivity index (χ1) is 12.7.